The second-order valence-electron chi connectivity index (χ2n) is 3.78. The minimum Gasteiger partial charge on any atom is -0.315 e. The van der Waals surface area contributed by atoms with Crippen LogP contribution >= 0.6 is 50.5 Å². The molecule has 0 bridgehead atoms. The monoisotopic (exact) mass is 416 g/mol. The number of aryl methyl sites for hydroxylation is 1. The normalized spacial score (nSPS) is 11.6. The Morgan fingerprint density at radius 2 is 1.85 bits per heavy atom. The number of aromatic amines is 1. The third-order valence-electron chi connectivity index (χ3n) is 2.27. The number of nitrogens with one attached hydrogen (secondary N) is 2. The summed E-state index contributed by atoms with van der Waals surface area (Å²) in [5.41, 5.74) is 0.327. The van der Waals surface area contributed by atoms with E-state index in [2.05, 4.69) is 25.6 Å². The molecule has 0 fully saturated rings. The first-order valence-electron chi connectivity index (χ1n) is 5.08. The smallest absolute Gasteiger partial charge is 0.306 e. The van der Waals surface area contributed by atoms with Crippen molar-refractivity contribution in [1.29, 1.82) is 0 Å². The van der Waals surface area contributed by atoms with Crippen LogP contribution in [0.5, 0.6) is 0 Å². The first-order chi connectivity index (χ1) is 9.20. The quantitative estimate of drug-likeness (QED) is 0.800. The lowest BCUT2D eigenvalue weighted by molar-refractivity contribution is 0.602. The summed E-state index contributed by atoms with van der Waals surface area (Å²) in [5.74, 6) is 0. The van der Waals surface area contributed by atoms with Crippen molar-refractivity contribution in [1.82, 2.24) is 4.98 Å². The topological polar surface area (TPSA) is 79.0 Å². The van der Waals surface area contributed by atoms with Crippen molar-refractivity contribution in [3.8, 4) is 0 Å². The predicted molar refractivity (Wildman–Crippen MR) is 84.6 cm³/mol. The van der Waals surface area contributed by atoms with Crippen LogP contribution in [0.4, 0.5) is 5.69 Å². The lowest BCUT2D eigenvalue weighted by atomic mass is 10.3. The number of anilines is 1. The fraction of sp³-hybridized carbons (Fsp3) is 0.100. The molecule has 0 amide bonds. The SMILES string of the molecule is Cc1[nH]c(=O)sc1S(=O)(=O)Nc1c(Cl)cc(Br)cc1Cl. The van der Waals surface area contributed by atoms with Crippen LogP contribution in [0.1, 0.15) is 5.69 Å². The Kier molecular flexibility index (Phi) is 4.50. The van der Waals surface area contributed by atoms with Crippen LogP contribution in [-0.2, 0) is 10.0 Å². The third kappa shape index (κ3) is 3.20. The summed E-state index contributed by atoms with van der Waals surface area (Å²) in [4.78, 5) is 13.2. The van der Waals surface area contributed by atoms with Gasteiger partial charge in [-0.05, 0) is 19.1 Å². The maximum absolute atomic E-state index is 12.2. The predicted octanol–water partition coefficient (Wildman–Crippen LogP) is 3.61. The Labute approximate surface area is 137 Å². The largest absolute Gasteiger partial charge is 0.315 e. The van der Waals surface area contributed by atoms with Gasteiger partial charge in [0, 0.05) is 10.2 Å². The highest BCUT2D eigenvalue weighted by Crippen LogP contribution is 2.35. The van der Waals surface area contributed by atoms with Gasteiger partial charge in [-0.15, -0.1) is 0 Å². The van der Waals surface area contributed by atoms with Gasteiger partial charge in [-0.2, -0.15) is 0 Å². The summed E-state index contributed by atoms with van der Waals surface area (Å²) < 4.78 is 27.3. The van der Waals surface area contributed by atoms with Gasteiger partial charge in [-0.1, -0.05) is 50.5 Å². The zero-order valence-corrected chi connectivity index (χ0v) is 14.6. The summed E-state index contributed by atoms with van der Waals surface area (Å²) in [7, 11) is -3.93. The van der Waals surface area contributed by atoms with Crippen LogP contribution in [0, 0.1) is 6.92 Å². The van der Waals surface area contributed by atoms with Crippen LogP contribution in [0.2, 0.25) is 10.0 Å². The van der Waals surface area contributed by atoms with E-state index in [4.69, 9.17) is 23.2 Å². The second kappa shape index (κ2) is 5.69. The van der Waals surface area contributed by atoms with E-state index in [0.717, 1.165) is 0 Å². The second-order valence-corrected chi connectivity index (χ2v) is 8.37. The Bertz CT molecular complexity index is 806. The number of hydrogen-bond donors (Lipinski definition) is 2. The van der Waals surface area contributed by atoms with Gasteiger partial charge in [0.25, 0.3) is 10.0 Å². The molecule has 0 unspecified atom stereocenters. The number of aromatic nitrogens is 1. The molecule has 1 heterocycles. The Morgan fingerprint density at radius 3 is 2.30 bits per heavy atom. The van der Waals surface area contributed by atoms with Crippen molar-refractivity contribution in [3.05, 3.63) is 42.0 Å². The minimum atomic E-state index is -3.93. The summed E-state index contributed by atoms with van der Waals surface area (Å²) in [6.07, 6.45) is 0. The molecule has 10 heteroatoms. The highest BCUT2D eigenvalue weighted by Gasteiger charge is 2.23. The molecule has 20 heavy (non-hydrogen) atoms. The molecular weight excluding hydrogens is 411 g/mol. The first-order valence-corrected chi connectivity index (χ1v) is 8.92. The molecule has 0 aliphatic rings. The van der Waals surface area contributed by atoms with E-state index >= 15 is 0 Å². The van der Waals surface area contributed by atoms with Crippen molar-refractivity contribution in [2.45, 2.75) is 11.1 Å². The molecule has 1 aromatic heterocycles. The van der Waals surface area contributed by atoms with Gasteiger partial charge in [-0.25, -0.2) is 8.42 Å². The molecular formula is C10H7BrCl2N2O3S2. The molecule has 2 aromatic rings. The van der Waals surface area contributed by atoms with Crippen LogP contribution in [0.15, 0.2) is 25.6 Å². The number of H-pyrrole nitrogens is 1. The van der Waals surface area contributed by atoms with Crippen LogP contribution in [0.3, 0.4) is 0 Å². The molecule has 0 radical (unpaired) electrons. The van der Waals surface area contributed by atoms with Gasteiger partial charge in [0.2, 0.25) is 0 Å². The first kappa shape index (κ1) is 15.8. The van der Waals surface area contributed by atoms with Crippen LogP contribution in [-0.4, -0.2) is 13.4 Å². The molecule has 0 aliphatic heterocycles. The molecule has 0 spiro atoms. The molecule has 108 valence electrons. The number of thiazole rings is 1. The van der Waals surface area contributed by atoms with E-state index in [1.807, 2.05) is 0 Å². The summed E-state index contributed by atoms with van der Waals surface area (Å²) >= 11 is 15.7. The van der Waals surface area contributed by atoms with Crippen LogP contribution < -0.4 is 9.60 Å². The van der Waals surface area contributed by atoms with E-state index in [1.54, 1.807) is 0 Å². The van der Waals surface area contributed by atoms with Gasteiger partial charge in [-0.3, -0.25) is 9.52 Å². The highest BCUT2D eigenvalue weighted by molar-refractivity contribution is 9.10. The molecule has 2 N–H and O–H groups in total. The van der Waals surface area contributed by atoms with Crippen molar-refractivity contribution < 1.29 is 8.42 Å². The summed E-state index contributed by atoms with van der Waals surface area (Å²) in [5, 5.41) is 0.293. The molecule has 0 aliphatic carbocycles. The highest BCUT2D eigenvalue weighted by atomic mass is 79.9. The third-order valence-corrected chi connectivity index (χ3v) is 6.28. The number of rotatable bonds is 3. The maximum atomic E-state index is 12.2. The lowest BCUT2D eigenvalue weighted by Gasteiger charge is -2.11. The molecule has 1 aromatic carbocycles. The Morgan fingerprint density at radius 1 is 1.30 bits per heavy atom. The number of hydrogen-bond acceptors (Lipinski definition) is 4. The van der Waals surface area contributed by atoms with Crippen molar-refractivity contribution in [3.63, 3.8) is 0 Å². The van der Waals surface area contributed by atoms with E-state index in [0.29, 0.717) is 15.8 Å². The maximum Gasteiger partial charge on any atom is 0.306 e. The van der Waals surface area contributed by atoms with Crippen LogP contribution in [0.25, 0.3) is 0 Å². The standard InChI is InChI=1S/C10H7BrCl2N2O3S2/c1-4-9(19-10(16)14-4)20(17,18)15-8-6(12)2-5(11)3-7(8)13/h2-3,15H,1H3,(H,14,16). The summed E-state index contributed by atoms with van der Waals surface area (Å²) in [6.45, 7) is 1.50. The zero-order chi connectivity index (χ0) is 15.1. The van der Waals surface area contributed by atoms with Gasteiger partial charge in [0.05, 0.1) is 15.7 Å². The molecule has 0 atom stereocenters. The van der Waals surface area contributed by atoms with E-state index in [-0.39, 0.29) is 25.6 Å². The Hall–Kier alpha value is -0.540. The molecule has 0 saturated carbocycles. The minimum absolute atomic E-state index is 0.0665. The number of sulfonamides is 1. The molecule has 5 nitrogen and oxygen atoms in total. The van der Waals surface area contributed by atoms with Gasteiger partial charge in [0.1, 0.15) is 0 Å². The van der Waals surface area contributed by atoms with Gasteiger partial charge >= 0.3 is 4.87 Å². The number of halogens is 3. The van der Waals surface area contributed by atoms with Gasteiger partial charge < -0.3 is 4.98 Å². The molecule has 0 saturated heterocycles. The zero-order valence-electron chi connectivity index (χ0n) is 9.83. The van der Waals surface area contributed by atoms with Crippen molar-refractivity contribution >= 4 is 66.2 Å². The van der Waals surface area contributed by atoms with E-state index < -0.39 is 14.9 Å². The average molecular weight is 418 g/mol. The number of benzene rings is 1. The van der Waals surface area contributed by atoms with E-state index in [1.165, 1.54) is 19.1 Å². The molecule has 2 rings (SSSR count). The lowest BCUT2D eigenvalue weighted by Crippen LogP contribution is -2.13. The average Bonchev–Trinajstić information content (AvgIpc) is 2.64. The fourth-order valence-electron chi connectivity index (χ4n) is 1.47. The van der Waals surface area contributed by atoms with Gasteiger partial charge in [0.15, 0.2) is 4.21 Å². The summed E-state index contributed by atoms with van der Waals surface area (Å²) in [6, 6.07) is 3.02. The Balaban J connectivity index is 2.49. The van der Waals surface area contributed by atoms with Crippen molar-refractivity contribution in [2.75, 3.05) is 4.72 Å². The fourth-order valence-corrected chi connectivity index (χ4v) is 5.29. The van der Waals surface area contributed by atoms with Crippen molar-refractivity contribution in [2.24, 2.45) is 0 Å². The van der Waals surface area contributed by atoms with E-state index in [9.17, 15) is 13.2 Å².